The molecule has 2 aromatic heterocycles. The third kappa shape index (κ3) is 4.76. The predicted octanol–water partition coefficient (Wildman–Crippen LogP) is 3.46. The molecule has 0 aliphatic rings. The molecule has 2 heterocycles. The van der Waals surface area contributed by atoms with E-state index in [1.54, 1.807) is 17.0 Å². The minimum absolute atomic E-state index is 0.130. The number of H-pyrrole nitrogens is 1. The molecule has 0 unspecified atom stereocenters. The van der Waals surface area contributed by atoms with Crippen LogP contribution in [-0.2, 0) is 20.0 Å². The molecule has 0 bridgehead atoms. The van der Waals surface area contributed by atoms with E-state index in [0.717, 1.165) is 28.2 Å². The topological polar surface area (TPSA) is 128 Å². The number of tetrazole rings is 1. The zero-order valence-corrected chi connectivity index (χ0v) is 19.6. The number of nitrogens with one attached hydrogen (secondary N) is 2. The Morgan fingerprint density at radius 3 is 2.64 bits per heavy atom. The summed E-state index contributed by atoms with van der Waals surface area (Å²) in [5.74, 6) is 1.24. The molecule has 3 aromatic carbocycles. The van der Waals surface area contributed by atoms with Gasteiger partial charge in [-0.25, -0.2) is 4.98 Å². The number of fused-ring (bicyclic) bond motifs is 1. The summed E-state index contributed by atoms with van der Waals surface area (Å²) in [5, 5.41) is 26.3. The minimum atomic E-state index is -0.130. The number of imidazole rings is 1. The molecule has 10 nitrogen and oxygen atoms in total. The normalized spacial score (nSPS) is 10.8. The number of nitriles is 1. The van der Waals surface area contributed by atoms with Crippen LogP contribution in [0.5, 0.6) is 0 Å². The maximum absolute atomic E-state index is 13.6. The molecule has 10 heteroatoms. The lowest BCUT2D eigenvalue weighted by molar-refractivity contribution is 0.0987. The summed E-state index contributed by atoms with van der Waals surface area (Å²) in [5.41, 5.74) is 4.52. The van der Waals surface area contributed by atoms with Gasteiger partial charge in [0.25, 0.3) is 5.91 Å². The first-order valence-corrected chi connectivity index (χ1v) is 11.4. The zero-order valence-electron chi connectivity index (χ0n) is 19.6. The Labute approximate surface area is 207 Å². The number of aromatic nitrogens is 6. The van der Waals surface area contributed by atoms with Crippen LogP contribution in [0.25, 0.3) is 11.0 Å². The number of para-hydroxylation sites is 1. The second-order valence-corrected chi connectivity index (χ2v) is 8.20. The Morgan fingerprint density at radius 2 is 1.92 bits per heavy atom. The molecule has 0 radical (unpaired) electrons. The molecular weight excluding hydrogens is 454 g/mol. The molecule has 0 aliphatic heterocycles. The molecule has 0 saturated heterocycles. The van der Waals surface area contributed by atoms with Gasteiger partial charge in [-0.15, -0.1) is 10.2 Å². The van der Waals surface area contributed by atoms with Crippen molar-refractivity contribution in [2.45, 2.75) is 13.0 Å². The lowest BCUT2D eigenvalue weighted by Gasteiger charge is -2.22. The Hall–Kier alpha value is -5.04. The van der Waals surface area contributed by atoms with Crippen LogP contribution < -0.4 is 10.2 Å². The largest absolute Gasteiger partial charge is 0.378 e. The van der Waals surface area contributed by atoms with Gasteiger partial charge in [0.2, 0.25) is 0 Å². The van der Waals surface area contributed by atoms with E-state index in [4.69, 9.17) is 10.2 Å². The third-order valence-corrected chi connectivity index (χ3v) is 5.95. The average molecular weight is 478 g/mol. The number of carbonyl (C=O) groups is 1. The number of benzene rings is 3. The Kier molecular flexibility index (Phi) is 6.36. The number of anilines is 2. The van der Waals surface area contributed by atoms with Crippen molar-refractivity contribution >= 4 is 28.3 Å². The summed E-state index contributed by atoms with van der Waals surface area (Å²) in [6.45, 7) is 0.906. The van der Waals surface area contributed by atoms with Gasteiger partial charge in [0.1, 0.15) is 5.82 Å². The first-order valence-electron chi connectivity index (χ1n) is 11.4. The van der Waals surface area contributed by atoms with E-state index in [-0.39, 0.29) is 5.91 Å². The van der Waals surface area contributed by atoms with Gasteiger partial charge >= 0.3 is 0 Å². The standard InChI is InChI=1S/C26H23N9O/c1-34-23-12-9-19(15-22(23)29-25(34)17-28-20-10-7-18(16-27)8-11-20)26(36)35(21-5-3-2-4-6-21)14-13-24-30-32-33-31-24/h2-12,15,28H,13-14,17H2,1H3,(H,30,31,32,33). The number of amides is 1. The summed E-state index contributed by atoms with van der Waals surface area (Å²) in [6.07, 6.45) is 0.466. The zero-order chi connectivity index (χ0) is 24.9. The quantitative estimate of drug-likeness (QED) is 0.350. The van der Waals surface area contributed by atoms with Crippen molar-refractivity contribution in [1.82, 2.24) is 30.2 Å². The molecule has 0 spiro atoms. The summed E-state index contributed by atoms with van der Waals surface area (Å²) >= 11 is 0. The smallest absolute Gasteiger partial charge is 0.258 e. The van der Waals surface area contributed by atoms with E-state index in [2.05, 4.69) is 32.0 Å². The molecule has 0 atom stereocenters. The maximum Gasteiger partial charge on any atom is 0.258 e. The van der Waals surface area contributed by atoms with E-state index in [9.17, 15) is 4.79 Å². The van der Waals surface area contributed by atoms with Crippen molar-refractivity contribution in [3.8, 4) is 6.07 Å². The summed E-state index contributed by atoms with van der Waals surface area (Å²) in [4.78, 5) is 20.1. The highest BCUT2D eigenvalue weighted by atomic mass is 16.2. The average Bonchev–Trinajstić information content (AvgIpc) is 3.56. The maximum atomic E-state index is 13.6. The summed E-state index contributed by atoms with van der Waals surface area (Å²) in [7, 11) is 1.95. The van der Waals surface area contributed by atoms with Crippen LogP contribution in [0, 0.1) is 11.3 Å². The van der Waals surface area contributed by atoms with E-state index >= 15 is 0 Å². The lowest BCUT2D eigenvalue weighted by atomic mass is 10.1. The van der Waals surface area contributed by atoms with Crippen molar-refractivity contribution in [3.63, 3.8) is 0 Å². The number of aromatic amines is 1. The van der Waals surface area contributed by atoms with E-state index < -0.39 is 0 Å². The lowest BCUT2D eigenvalue weighted by Crippen LogP contribution is -2.33. The van der Waals surface area contributed by atoms with E-state index in [1.807, 2.05) is 72.3 Å². The Balaban J connectivity index is 1.37. The van der Waals surface area contributed by atoms with Crippen molar-refractivity contribution in [2.24, 2.45) is 7.05 Å². The third-order valence-electron chi connectivity index (χ3n) is 5.95. The SMILES string of the molecule is Cn1c(CNc2ccc(C#N)cc2)nc2cc(C(=O)N(CCc3nn[nH]n3)c3ccccc3)ccc21. The fraction of sp³-hybridized carbons (Fsp3) is 0.154. The molecule has 5 aromatic rings. The molecule has 1 amide bonds. The monoisotopic (exact) mass is 477 g/mol. The van der Waals surface area contributed by atoms with Gasteiger partial charge in [0, 0.05) is 37.0 Å². The minimum Gasteiger partial charge on any atom is -0.378 e. The van der Waals surface area contributed by atoms with Crippen LogP contribution in [0.4, 0.5) is 11.4 Å². The number of hydrogen-bond acceptors (Lipinski definition) is 7. The van der Waals surface area contributed by atoms with Crippen LogP contribution in [0.2, 0.25) is 0 Å². The fourth-order valence-corrected chi connectivity index (χ4v) is 4.00. The van der Waals surface area contributed by atoms with Crippen LogP contribution in [-0.4, -0.2) is 42.6 Å². The molecule has 2 N–H and O–H groups in total. The first kappa shape index (κ1) is 22.7. The second kappa shape index (κ2) is 10.1. The van der Waals surface area contributed by atoms with Gasteiger partial charge < -0.3 is 14.8 Å². The highest BCUT2D eigenvalue weighted by Crippen LogP contribution is 2.22. The van der Waals surface area contributed by atoms with Crippen molar-refractivity contribution in [2.75, 3.05) is 16.8 Å². The first-order chi connectivity index (χ1) is 17.6. The molecule has 5 rings (SSSR count). The number of carbonyl (C=O) groups excluding carboxylic acids is 1. The van der Waals surface area contributed by atoms with Gasteiger partial charge in [-0.1, -0.05) is 23.4 Å². The van der Waals surface area contributed by atoms with Crippen LogP contribution >= 0.6 is 0 Å². The van der Waals surface area contributed by atoms with Gasteiger partial charge in [0.15, 0.2) is 5.82 Å². The van der Waals surface area contributed by atoms with Crippen LogP contribution in [0.1, 0.15) is 27.6 Å². The highest BCUT2D eigenvalue weighted by molar-refractivity contribution is 6.07. The number of hydrogen-bond donors (Lipinski definition) is 2. The Bertz CT molecular complexity index is 1520. The molecule has 178 valence electrons. The van der Waals surface area contributed by atoms with E-state index in [0.29, 0.717) is 36.5 Å². The molecule has 0 aliphatic carbocycles. The van der Waals surface area contributed by atoms with Gasteiger partial charge in [-0.2, -0.15) is 10.5 Å². The van der Waals surface area contributed by atoms with Crippen molar-refractivity contribution in [3.05, 3.63) is 95.6 Å². The van der Waals surface area contributed by atoms with E-state index in [1.165, 1.54) is 0 Å². The molecular formula is C26H23N9O. The van der Waals surface area contributed by atoms with Gasteiger partial charge in [-0.3, -0.25) is 4.79 Å². The molecule has 0 saturated carbocycles. The Morgan fingerprint density at radius 1 is 1.11 bits per heavy atom. The fourth-order valence-electron chi connectivity index (χ4n) is 4.00. The van der Waals surface area contributed by atoms with Crippen LogP contribution in [0.15, 0.2) is 72.8 Å². The van der Waals surface area contributed by atoms with Crippen LogP contribution in [0.3, 0.4) is 0 Å². The van der Waals surface area contributed by atoms with Gasteiger partial charge in [-0.05, 0) is 54.6 Å². The molecule has 0 fully saturated rings. The summed E-state index contributed by atoms with van der Waals surface area (Å²) in [6, 6.07) is 24.5. The second-order valence-electron chi connectivity index (χ2n) is 8.20. The number of aryl methyl sites for hydroxylation is 1. The molecule has 36 heavy (non-hydrogen) atoms. The summed E-state index contributed by atoms with van der Waals surface area (Å²) < 4.78 is 2.01. The number of nitrogens with zero attached hydrogens (tertiary/aromatic N) is 7. The highest BCUT2D eigenvalue weighted by Gasteiger charge is 2.20. The van der Waals surface area contributed by atoms with Gasteiger partial charge in [0.05, 0.1) is 29.2 Å². The van der Waals surface area contributed by atoms with Crippen molar-refractivity contribution < 1.29 is 4.79 Å². The van der Waals surface area contributed by atoms with Crippen molar-refractivity contribution in [1.29, 1.82) is 5.26 Å². The predicted molar refractivity (Wildman–Crippen MR) is 135 cm³/mol. The number of rotatable bonds is 8.